The monoisotopic (exact) mass is 267 g/mol. The molecular formula is C12H17N3O2S. The van der Waals surface area contributed by atoms with E-state index in [1.165, 1.54) is 0 Å². The predicted molar refractivity (Wildman–Crippen MR) is 74.6 cm³/mol. The Balaban J connectivity index is 2.23. The van der Waals surface area contributed by atoms with Crippen LogP contribution >= 0.6 is 11.8 Å². The number of fused-ring (bicyclic) bond motifs is 1. The first-order valence-electron chi connectivity index (χ1n) is 5.89. The van der Waals surface area contributed by atoms with E-state index in [1.54, 1.807) is 23.9 Å². The lowest BCUT2D eigenvalue weighted by Crippen LogP contribution is -2.35. The lowest BCUT2D eigenvalue weighted by atomic mass is 10.2. The number of non-ortho nitro benzene ring substituents is 1. The van der Waals surface area contributed by atoms with Crippen molar-refractivity contribution in [1.29, 1.82) is 0 Å². The normalized spacial score (nSPS) is 14.7. The van der Waals surface area contributed by atoms with Gasteiger partial charge in [-0.25, -0.2) is 0 Å². The molecule has 0 saturated heterocycles. The first-order valence-corrected chi connectivity index (χ1v) is 6.87. The number of hydrogen-bond acceptors (Lipinski definition) is 5. The number of benzene rings is 1. The van der Waals surface area contributed by atoms with Crippen LogP contribution in [0.1, 0.15) is 0 Å². The maximum Gasteiger partial charge on any atom is 0.271 e. The quantitative estimate of drug-likeness (QED) is 0.617. The summed E-state index contributed by atoms with van der Waals surface area (Å²) in [5.74, 6) is 1.04. The second kappa shape index (κ2) is 5.58. The number of thioether (sulfide) groups is 1. The number of likely N-dealkylation sites (N-methyl/N-ethyl adjacent to an activating group) is 1. The van der Waals surface area contributed by atoms with E-state index in [-0.39, 0.29) is 10.6 Å². The van der Waals surface area contributed by atoms with Gasteiger partial charge in [0.25, 0.3) is 5.69 Å². The zero-order chi connectivity index (χ0) is 13.1. The van der Waals surface area contributed by atoms with Gasteiger partial charge in [-0.1, -0.05) is 0 Å². The largest absolute Gasteiger partial charge is 0.368 e. The summed E-state index contributed by atoms with van der Waals surface area (Å²) in [6.07, 6.45) is 0. The Morgan fingerprint density at radius 3 is 2.94 bits per heavy atom. The molecule has 1 aliphatic rings. The fourth-order valence-electron chi connectivity index (χ4n) is 1.93. The van der Waals surface area contributed by atoms with Gasteiger partial charge in [-0.3, -0.25) is 10.1 Å². The molecule has 1 aromatic rings. The van der Waals surface area contributed by atoms with Gasteiger partial charge in [0, 0.05) is 42.4 Å². The fourth-order valence-corrected chi connectivity index (χ4v) is 2.96. The number of anilines is 1. The Kier molecular flexibility index (Phi) is 4.08. The van der Waals surface area contributed by atoms with Crippen LogP contribution in [0.15, 0.2) is 23.1 Å². The second-order valence-corrected chi connectivity index (χ2v) is 5.68. The Hall–Kier alpha value is -1.27. The highest BCUT2D eigenvalue weighted by Gasteiger charge is 2.20. The lowest BCUT2D eigenvalue weighted by molar-refractivity contribution is -0.384. The molecule has 0 amide bonds. The standard InChI is InChI=1S/C12H17N3O2S/c1-13(2)5-6-14-7-8-18-12-4-3-10(15(16)17)9-11(12)14/h3-4,9H,5-8H2,1-2H3. The van der Waals surface area contributed by atoms with Crippen molar-refractivity contribution in [3.8, 4) is 0 Å². The average Bonchev–Trinajstić information content (AvgIpc) is 2.35. The predicted octanol–water partition coefficient (Wildman–Crippen LogP) is 2.07. The maximum atomic E-state index is 10.8. The van der Waals surface area contributed by atoms with E-state index in [9.17, 15) is 10.1 Å². The maximum absolute atomic E-state index is 10.8. The van der Waals surface area contributed by atoms with Gasteiger partial charge in [0.05, 0.1) is 10.6 Å². The van der Waals surface area contributed by atoms with E-state index < -0.39 is 0 Å². The molecule has 5 nitrogen and oxygen atoms in total. The molecule has 1 aliphatic heterocycles. The lowest BCUT2D eigenvalue weighted by Gasteiger charge is -2.31. The van der Waals surface area contributed by atoms with Crippen molar-refractivity contribution in [1.82, 2.24) is 4.90 Å². The third-order valence-corrected chi connectivity index (χ3v) is 3.97. The number of nitro benzene ring substituents is 1. The minimum atomic E-state index is -0.330. The van der Waals surface area contributed by atoms with Gasteiger partial charge in [0.1, 0.15) is 0 Å². The SMILES string of the molecule is CN(C)CCN1CCSc2ccc([N+](=O)[O-])cc21. The Labute approximate surface area is 111 Å². The molecule has 0 saturated carbocycles. The summed E-state index contributed by atoms with van der Waals surface area (Å²) in [5, 5.41) is 10.8. The zero-order valence-electron chi connectivity index (χ0n) is 10.6. The van der Waals surface area contributed by atoms with Crippen molar-refractivity contribution in [3.63, 3.8) is 0 Å². The van der Waals surface area contributed by atoms with E-state index in [0.29, 0.717) is 0 Å². The first-order chi connectivity index (χ1) is 8.58. The topological polar surface area (TPSA) is 49.6 Å². The molecule has 0 spiro atoms. The van der Waals surface area contributed by atoms with E-state index >= 15 is 0 Å². The minimum Gasteiger partial charge on any atom is -0.368 e. The zero-order valence-corrected chi connectivity index (χ0v) is 11.4. The number of nitrogens with zero attached hydrogens (tertiary/aromatic N) is 3. The summed E-state index contributed by atoms with van der Waals surface area (Å²) in [5.41, 5.74) is 1.17. The van der Waals surface area contributed by atoms with Crippen molar-refractivity contribution in [2.75, 3.05) is 44.4 Å². The van der Waals surface area contributed by atoms with Crippen LogP contribution in [-0.2, 0) is 0 Å². The highest BCUT2D eigenvalue weighted by atomic mass is 32.2. The molecule has 6 heteroatoms. The van der Waals surface area contributed by atoms with Gasteiger partial charge in [-0.15, -0.1) is 11.8 Å². The van der Waals surface area contributed by atoms with E-state index in [2.05, 4.69) is 9.80 Å². The molecule has 0 aromatic heterocycles. The summed E-state index contributed by atoms with van der Waals surface area (Å²) >= 11 is 1.77. The molecule has 0 unspecified atom stereocenters. The van der Waals surface area contributed by atoms with Gasteiger partial charge >= 0.3 is 0 Å². The van der Waals surface area contributed by atoms with Crippen molar-refractivity contribution in [2.24, 2.45) is 0 Å². The molecule has 1 heterocycles. The summed E-state index contributed by atoms with van der Waals surface area (Å²) in [6, 6.07) is 5.14. The van der Waals surface area contributed by atoms with Crippen LogP contribution in [0.3, 0.4) is 0 Å². The number of rotatable bonds is 4. The van der Waals surface area contributed by atoms with Gasteiger partial charge in [0.15, 0.2) is 0 Å². The van der Waals surface area contributed by atoms with Crippen molar-refractivity contribution >= 4 is 23.1 Å². The van der Waals surface area contributed by atoms with Gasteiger partial charge in [-0.2, -0.15) is 0 Å². The Morgan fingerprint density at radius 1 is 1.50 bits per heavy atom. The smallest absolute Gasteiger partial charge is 0.271 e. The Morgan fingerprint density at radius 2 is 2.28 bits per heavy atom. The van der Waals surface area contributed by atoms with Crippen LogP contribution in [0.5, 0.6) is 0 Å². The van der Waals surface area contributed by atoms with Crippen LogP contribution in [0.2, 0.25) is 0 Å². The molecule has 0 atom stereocenters. The van der Waals surface area contributed by atoms with Crippen molar-refractivity contribution in [2.45, 2.75) is 4.90 Å². The third kappa shape index (κ3) is 2.94. The summed E-state index contributed by atoms with van der Waals surface area (Å²) in [6.45, 7) is 2.81. The van der Waals surface area contributed by atoms with Gasteiger partial charge in [0.2, 0.25) is 0 Å². The first kappa shape index (κ1) is 13.2. The molecular weight excluding hydrogens is 250 g/mol. The summed E-state index contributed by atoms with van der Waals surface area (Å²) < 4.78 is 0. The molecule has 98 valence electrons. The molecule has 0 radical (unpaired) electrons. The molecule has 0 fully saturated rings. The average molecular weight is 267 g/mol. The molecule has 0 aliphatic carbocycles. The van der Waals surface area contributed by atoms with Crippen LogP contribution < -0.4 is 4.90 Å². The fraction of sp³-hybridized carbons (Fsp3) is 0.500. The molecule has 2 rings (SSSR count). The minimum absolute atomic E-state index is 0.172. The second-order valence-electron chi connectivity index (χ2n) is 4.55. The number of hydrogen-bond donors (Lipinski definition) is 0. The summed E-state index contributed by atoms with van der Waals surface area (Å²) in [7, 11) is 4.07. The van der Waals surface area contributed by atoms with Crippen LogP contribution in [0, 0.1) is 10.1 Å². The van der Waals surface area contributed by atoms with Crippen LogP contribution in [0.4, 0.5) is 11.4 Å². The van der Waals surface area contributed by atoms with Crippen LogP contribution in [0.25, 0.3) is 0 Å². The number of nitro groups is 1. The van der Waals surface area contributed by atoms with Gasteiger partial charge < -0.3 is 9.80 Å². The van der Waals surface area contributed by atoms with E-state index in [4.69, 9.17) is 0 Å². The third-order valence-electron chi connectivity index (χ3n) is 2.93. The van der Waals surface area contributed by atoms with Crippen molar-refractivity contribution < 1.29 is 4.92 Å². The van der Waals surface area contributed by atoms with Gasteiger partial charge in [-0.05, 0) is 20.2 Å². The van der Waals surface area contributed by atoms with E-state index in [0.717, 1.165) is 36.0 Å². The van der Waals surface area contributed by atoms with Crippen LogP contribution in [-0.4, -0.2) is 49.3 Å². The van der Waals surface area contributed by atoms with Crippen molar-refractivity contribution in [3.05, 3.63) is 28.3 Å². The highest BCUT2D eigenvalue weighted by Crippen LogP contribution is 2.36. The molecule has 18 heavy (non-hydrogen) atoms. The van der Waals surface area contributed by atoms with E-state index in [1.807, 2.05) is 20.2 Å². The highest BCUT2D eigenvalue weighted by molar-refractivity contribution is 7.99. The Bertz CT molecular complexity index is 451. The summed E-state index contributed by atoms with van der Waals surface area (Å²) in [4.78, 5) is 16.0. The molecule has 0 bridgehead atoms. The molecule has 1 aromatic carbocycles. The molecule has 0 N–H and O–H groups in total.